The van der Waals surface area contributed by atoms with E-state index in [9.17, 15) is 5.11 Å². The summed E-state index contributed by atoms with van der Waals surface area (Å²) in [4.78, 5) is 0. The van der Waals surface area contributed by atoms with E-state index in [1.807, 2.05) is 13.8 Å². The van der Waals surface area contributed by atoms with Gasteiger partial charge in [-0.1, -0.05) is 12.5 Å². The molecule has 0 aliphatic heterocycles. The summed E-state index contributed by atoms with van der Waals surface area (Å²) in [6, 6.07) is 2.24. The molecule has 1 aromatic rings. The molecule has 0 aromatic heterocycles. The minimum Gasteiger partial charge on any atom is -0.496 e. The third-order valence-corrected chi connectivity index (χ3v) is 3.82. The zero-order valence-corrected chi connectivity index (χ0v) is 13.3. The summed E-state index contributed by atoms with van der Waals surface area (Å²) < 4.78 is 5.45. The molecule has 0 fully saturated rings. The Morgan fingerprint density at radius 1 is 1.11 bits per heavy atom. The molecule has 1 aromatic carbocycles. The molecule has 0 atom stereocenters. The quantitative estimate of drug-likeness (QED) is 0.784. The van der Waals surface area contributed by atoms with Crippen LogP contribution in [0.15, 0.2) is 6.07 Å². The van der Waals surface area contributed by atoms with Gasteiger partial charge in [0.15, 0.2) is 0 Å². The van der Waals surface area contributed by atoms with Crippen LogP contribution < -0.4 is 4.74 Å². The zero-order valence-electron chi connectivity index (χ0n) is 13.3. The van der Waals surface area contributed by atoms with E-state index in [0.717, 1.165) is 31.4 Å². The second-order valence-electron chi connectivity index (χ2n) is 6.16. The monoisotopic (exact) mass is 264 g/mol. The van der Waals surface area contributed by atoms with Crippen molar-refractivity contribution in [2.75, 3.05) is 7.11 Å². The van der Waals surface area contributed by atoms with Crippen molar-refractivity contribution in [3.8, 4) is 5.75 Å². The second kappa shape index (κ2) is 6.42. The number of methoxy groups -OCH3 is 1. The predicted molar refractivity (Wildman–Crippen MR) is 81.1 cm³/mol. The average molecular weight is 264 g/mol. The highest BCUT2D eigenvalue weighted by Gasteiger charge is 2.13. The summed E-state index contributed by atoms with van der Waals surface area (Å²) in [6.45, 7) is 10.1. The molecule has 108 valence electrons. The molecule has 19 heavy (non-hydrogen) atoms. The molecule has 0 saturated carbocycles. The molecular weight excluding hydrogens is 236 g/mol. The molecule has 0 heterocycles. The predicted octanol–water partition coefficient (Wildman–Crippen LogP) is 4.10. The molecule has 2 nitrogen and oxygen atoms in total. The Bertz CT molecular complexity index is 428. The Labute approximate surface area is 117 Å². The van der Waals surface area contributed by atoms with Crippen LogP contribution in [0.1, 0.15) is 55.4 Å². The van der Waals surface area contributed by atoms with Gasteiger partial charge in [-0.25, -0.2) is 0 Å². The lowest BCUT2D eigenvalue weighted by atomic mass is 9.93. The van der Waals surface area contributed by atoms with E-state index in [1.165, 1.54) is 22.3 Å². The van der Waals surface area contributed by atoms with E-state index < -0.39 is 5.60 Å². The first kappa shape index (κ1) is 16.0. The van der Waals surface area contributed by atoms with Crippen molar-refractivity contribution >= 4 is 0 Å². The van der Waals surface area contributed by atoms with Crippen molar-refractivity contribution in [1.29, 1.82) is 0 Å². The first-order valence-electron chi connectivity index (χ1n) is 7.12. The molecule has 0 aliphatic rings. The van der Waals surface area contributed by atoms with Crippen LogP contribution in [0.3, 0.4) is 0 Å². The third kappa shape index (κ3) is 4.54. The van der Waals surface area contributed by atoms with Crippen LogP contribution in [-0.2, 0) is 6.42 Å². The molecule has 0 aliphatic carbocycles. The van der Waals surface area contributed by atoms with Gasteiger partial charge in [-0.15, -0.1) is 0 Å². The van der Waals surface area contributed by atoms with Crippen LogP contribution in [0.25, 0.3) is 0 Å². The van der Waals surface area contributed by atoms with E-state index in [-0.39, 0.29) is 0 Å². The fourth-order valence-electron chi connectivity index (χ4n) is 2.59. The molecule has 2 heteroatoms. The standard InChI is InChI=1S/C17H28O2/c1-12-11-15(9-7-8-10-17(4,5)18)13(2)14(3)16(12)19-6/h11,18H,7-10H2,1-6H3. The second-order valence-corrected chi connectivity index (χ2v) is 6.16. The van der Waals surface area contributed by atoms with Gasteiger partial charge in [0.05, 0.1) is 12.7 Å². The van der Waals surface area contributed by atoms with Gasteiger partial charge in [-0.05, 0) is 76.1 Å². The van der Waals surface area contributed by atoms with Crippen LogP contribution in [0, 0.1) is 20.8 Å². The van der Waals surface area contributed by atoms with Gasteiger partial charge in [-0.2, -0.15) is 0 Å². The van der Waals surface area contributed by atoms with Crippen molar-refractivity contribution in [1.82, 2.24) is 0 Å². The van der Waals surface area contributed by atoms with Crippen LogP contribution >= 0.6 is 0 Å². The number of ether oxygens (including phenoxy) is 1. The van der Waals surface area contributed by atoms with Crippen molar-refractivity contribution in [2.24, 2.45) is 0 Å². The Balaban J connectivity index is 2.70. The third-order valence-electron chi connectivity index (χ3n) is 3.82. The largest absolute Gasteiger partial charge is 0.496 e. The van der Waals surface area contributed by atoms with Gasteiger partial charge in [0, 0.05) is 0 Å². The first-order chi connectivity index (χ1) is 8.76. The lowest BCUT2D eigenvalue weighted by molar-refractivity contribution is 0.0682. The van der Waals surface area contributed by atoms with E-state index in [0.29, 0.717) is 0 Å². The van der Waals surface area contributed by atoms with Gasteiger partial charge < -0.3 is 9.84 Å². The van der Waals surface area contributed by atoms with E-state index in [4.69, 9.17) is 4.74 Å². The van der Waals surface area contributed by atoms with Crippen molar-refractivity contribution in [3.63, 3.8) is 0 Å². The number of benzene rings is 1. The molecule has 0 saturated heterocycles. The number of unbranched alkanes of at least 4 members (excludes halogenated alkanes) is 1. The molecule has 0 radical (unpaired) electrons. The average Bonchev–Trinajstić information content (AvgIpc) is 2.30. The van der Waals surface area contributed by atoms with Crippen molar-refractivity contribution < 1.29 is 9.84 Å². The van der Waals surface area contributed by atoms with Gasteiger partial charge in [0.1, 0.15) is 5.75 Å². The molecule has 0 spiro atoms. The Morgan fingerprint density at radius 3 is 2.26 bits per heavy atom. The maximum atomic E-state index is 9.71. The summed E-state index contributed by atoms with van der Waals surface area (Å²) in [7, 11) is 1.73. The highest BCUT2D eigenvalue weighted by molar-refractivity contribution is 5.48. The lowest BCUT2D eigenvalue weighted by Crippen LogP contribution is -2.17. The van der Waals surface area contributed by atoms with Crippen molar-refractivity contribution in [2.45, 2.75) is 65.9 Å². The Hall–Kier alpha value is -1.02. The molecule has 1 rings (SSSR count). The summed E-state index contributed by atoms with van der Waals surface area (Å²) >= 11 is 0. The van der Waals surface area contributed by atoms with E-state index in [2.05, 4.69) is 26.8 Å². The Kier molecular flexibility index (Phi) is 5.42. The van der Waals surface area contributed by atoms with Gasteiger partial charge >= 0.3 is 0 Å². The highest BCUT2D eigenvalue weighted by Crippen LogP contribution is 2.29. The molecule has 1 N–H and O–H groups in total. The summed E-state index contributed by atoms with van der Waals surface area (Å²) in [5.74, 6) is 1.01. The van der Waals surface area contributed by atoms with Gasteiger partial charge in [0.25, 0.3) is 0 Å². The zero-order chi connectivity index (χ0) is 14.6. The topological polar surface area (TPSA) is 29.5 Å². The summed E-state index contributed by atoms with van der Waals surface area (Å²) in [6.07, 6.45) is 4.12. The van der Waals surface area contributed by atoms with Crippen LogP contribution in [0.4, 0.5) is 0 Å². The highest BCUT2D eigenvalue weighted by atomic mass is 16.5. The lowest BCUT2D eigenvalue weighted by Gasteiger charge is -2.18. The maximum absolute atomic E-state index is 9.71. The SMILES string of the molecule is COc1c(C)cc(CCCCC(C)(C)O)c(C)c1C. The fraction of sp³-hybridized carbons (Fsp3) is 0.647. The number of hydrogen-bond acceptors (Lipinski definition) is 2. The summed E-state index contributed by atoms with van der Waals surface area (Å²) in [5.41, 5.74) is 4.67. The molecule has 0 bridgehead atoms. The Morgan fingerprint density at radius 2 is 1.74 bits per heavy atom. The smallest absolute Gasteiger partial charge is 0.124 e. The van der Waals surface area contributed by atoms with Gasteiger partial charge in [0.2, 0.25) is 0 Å². The van der Waals surface area contributed by atoms with Crippen molar-refractivity contribution in [3.05, 3.63) is 28.3 Å². The van der Waals surface area contributed by atoms with Crippen LogP contribution in [-0.4, -0.2) is 17.8 Å². The first-order valence-corrected chi connectivity index (χ1v) is 7.12. The van der Waals surface area contributed by atoms with Gasteiger partial charge in [-0.3, -0.25) is 0 Å². The van der Waals surface area contributed by atoms with Crippen LogP contribution in [0.5, 0.6) is 5.75 Å². The minimum atomic E-state index is -0.541. The molecular formula is C17H28O2. The van der Waals surface area contributed by atoms with Crippen LogP contribution in [0.2, 0.25) is 0 Å². The maximum Gasteiger partial charge on any atom is 0.124 e. The minimum absolute atomic E-state index is 0.541. The number of aliphatic hydroxyl groups is 1. The van der Waals surface area contributed by atoms with E-state index in [1.54, 1.807) is 7.11 Å². The number of aryl methyl sites for hydroxylation is 2. The summed E-state index contributed by atoms with van der Waals surface area (Å²) in [5, 5.41) is 9.71. The number of rotatable bonds is 6. The normalized spacial score (nSPS) is 11.7. The van der Waals surface area contributed by atoms with E-state index >= 15 is 0 Å². The fourth-order valence-corrected chi connectivity index (χ4v) is 2.59. The number of hydrogen-bond donors (Lipinski definition) is 1. The molecule has 0 amide bonds. The molecule has 0 unspecified atom stereocenters.